The lowest BCUT2D eigenvalue weighted by atomic mass is 10.1. The van der Waals surface area contributed by atoms with Crippen LogP contribution in [0.5, 0.6) is 0 Å². The predicted octanol–water partition coefficient (Wildman–Crippen LogP) is 1.47. The molecule has 0 aliphatic carbocycles. The van der Waals surface area contributed by atoms with Crippen LogP contribution in [0.3, 0.4) is 0 Å². The second kappa shape index (κ2) is 11.6. The highest BCUT2D eigenvalue weighted by atomic mass is 35.5. The fourth-order valence-electron chi connectivity index (χ4n) is 4.23. The van der Waals surface area contributed by atoms with Crippen LogP contribution < -0.4 is 12.4 Å². The first-order chi connectivity index (χ1) is 13.2. The van der Waals surface area contributed by atoms with Crippen molar-refractivity contribution in [2.24, 2.45) is 0 Å². The van der Waals surface area contributed by atoms with Gasteiger partial charge in [-0.05, 0) is 38.2 Å². The number of rotatable bonds is 8. The van der Waals surface area contributed by atoms with E-state index in [0.29, 0.717) is 13.2 Å². The Labute approximate surface area is 176 Å². The Morgan fingerprint density at radius 1 is 0.893 bits per heavy atom. The summed E-state index contributed by atoms with van der Waals surface area (Å²) < 4.78 is 6.81. The standard InChI is InChI=1S/C24H34NO2.ClH/c1-21-11-13-23(14-12-21)19-27-20-24(26)18-25(15-7-2-3-8-16-25)17-22-9-5-4-6-10-22;/h4-6,9-14,24,26H,2-3,7-8,15-20H2,1H3;1H/q+1;/p-1. The summed E-state index contributed by atoms with van der Waals surface area (Å²) in [5.41, 5.74) is 3.79. The average molecular weight is 404 g/mol. The van der Waals surface area contributed by atoms with Gasteiger partial charge in [-0.15, -0.1) is 0 Å². The molecule has 28 heavy (non-hydrogen) atoms. The lowest BCUT2D eigenvalue weighted by molar-refractivity contribution is -0.943. The van der Waals surface area contributed by atoms with Crippen LogP contribution in [0.2, 0.25) is 0 Å². The van der Waals surface area contributed by atoms with Crippen molar-refractivity contribution in [1.82, 2.24) is 0 Å². The highest BCUT2D eigenvalue weighted by Gasteiger charge is 2.31. The number of nitrogens with zero attached hydrogens (tertiary/aromatic N) is 1. The maximum Gasteiger partial charge on any atom is 0.126 e. The molecule has 154 valence electrons. The molecular weight excluding hydrogens is 370 g/mol. The predicted molar refractivity (Wildman–Crippen MR) is 110 cm³/mol. The summed E-state index contributed by atoms with van der Waals surface area (Å²) in [6.45, 7) is 7.16. The highest BCUT2D eigenvalue weighted by Crippen LogP contribution is 2.23. The fraction of sp³-hybridized carbons (Fsp3) is 0.500. The van der Waals surface area contributed by atoms with Crippen molar-refractivity contribution in [2.75, 3.05) is 26.2 Å². The second-order valence-electron chi connectivity index (χ2n) is 8.18. The van der Waals surface area contributed by atoms with E-state index in [4.69, 9.17) is 4.74 Å². The summed E-state index contributed by atoms with van der Waals surface area (Å²) in [7, 11) is 0. The van der Waals surface area contributed by atoms with Gasteiger partial charge in [-0.2, -0.15) is 0 Å². The van der Waals surface area contributed by atoms with Gasteiger partial charge in [0.2, 0.25) is 0 Å². The van der Waals surface area contributed by atoms with Crippen LogP contribution in [-0.4, -0.2) is 41.9 Å². The molecule has 0 spiro atoms. The number of quaternary nitrogens is 1. The smallest absolute Gasteiger partial charge is 0.126 e. The number of benzene rings is 2. The minimum atomic E-state index is -0.419. The zero-order valence-corrected chi connectivity index (χ0v) is 17.8. The van der Waals surface area contributed by atoms with Crippen LogP contribution in [0.4, 0.5) is 0 Å². The van der Waals surface area contributed by atoms with Gasteiger partial charge in [0, 0.05) is 5.56 Å². The number of hydrogen-bond donors (Lipinski definition) is 1. The van der Waals surface area contributed by atoms with Gasteiger partial charge in [0.05, 0.1) is 26.3 Å². The molecule has 0 bridgehead atoms. The molecule has 0 radical (unpaired) electrons. The molecule has 2 aromatic rings. The number of aliphatic hydroxyl groups excluding tert-OH is 1. The molecule has 1 saturated heterocycles. The van der Waals surface area contributed by atoms with Gasteiger partial charge in [0.15, 0.2) is 0 Å². The molecule has 4 heteroatoms. The van der Waals surface area contributed by atoms with E-state index in [1.54, 1.807) is 0 Å². The number of halogens is 1. The van der Waals surface area contributed by atoms with Crippen LogP contribution in [-0.2, 0) is 17.9 Å². The fourth-order valence-corrected chi connectivity index (χ4v) is 4.23. The summed E-state index contributed by atoms with van der Waals surface area (Å²) in [6.07, 6.45) is 4.72. The first kappa shape index (κ1) is 22.9. The van der Waals surface area contributed by atoms with Gasteiger partial charge in [-0.1, -0.05) is 60.2 Å². The van der Waals surface area contributed by atoms with Gasteiger partial charge in [-0.25, -0.2) is 0 Å². The second-order valence-corrected chi connectivity index (χ2v) is 8.18. The van der Waals surface area contributed by atoms with Crippen LogP contribution in [0, 0.1) is 6.92 Å². The van der Waals surface area contributed by atoms with Gasteiger partial charge in [0.25, 0.3) is 0 Å². The van der Waals surface area contributed by atoms with Crippen molar-refractivity contribution < 1.29 is 26.7 Å². The van der Waals surface area contributed by atoms with Gasteiger partial charge < -0.3 is 26.7 Å². The number of aryl methyl sites for hydroxylation is 1. The monoisotopic (exact) mass is 403 g/mol. The Hall–Kier alpha value is -1.39. The van der Waals surface area contributed by atoms with Crippen molar-refractivity contribution >= 4 is 0 Å². The SMILES string of the molecule is Cc1ccc(COCC(O)C[N+]2(Cc3ccccc3)CCCCCC2)cc1.[Cl-]. The van der Waals surface area contributed by atoms with E-state index in [1.165, 1.54) is 36.8 Å². The van der Waals surface area contributed by atoms with Gasteiger partial charge in [-0.3, -0.25) is 0 Å². The van der Waals surface area contributed by atoms with E-state index < -0.39 is 6.10 Å². The number of hydrogen-bond acceptors (Lipinski definition) is 2. The average Bonchev–Trinajstić information content (AvgIpc) is 2.89. The zero-order valence-electron chi connectivity index (χ0n) is 17.0. The molecule has 1 aliphatic rings. The van der Waals surface area contributed by atoms with E-state index in [1.807, 2.05) is 0 Å². The minimum absolute atomic E-state index is 0. The largest absolute Gasteiger partial charge is 1.00 e. The molecule has 1 fully saturated rings. The summed E-state index contributed by atoms with van der Waals surface area (Å²) >= 11 is 0. The summed E-state index contributed by atoms with van der Waals surface area (Å²) in [5.74, 6) is 0. The van der Waals surface area contributed by atoms with E-state index in [-0.39, 0.29) is 12.4 Å². The molecule has 1 aliphatic heterocycles. The van der Waals surface area contributed by atoms with Gasteiger partial charge >= 0.3 is 0 Å². The zero-order chi connectivity index (χ0) is 19.0. The number of likely N-dealkylation sites (tertiary alicyclic amines) is 1. The number of ether oxygens (including phenoxy) is 1. The molecular formula is C24H34ClNO2. The maximum absolute atomic E-state index is 10.7. The van der Waals surface area contributed by atoms with Gasteiger partial charge in [0.1, 0.15) is 19.2 Å². The molecule has 0 saturated carbocycles. The molecule has 1 unspecified atom stereocenters. The molecule has 0 amide bonds. The van der Waals surface area contributed by atoms with E-state index >= 15 is 0 Å². The Balaban J connectivity index is 0.00000280. The third-order valence-corrected chi connectivity index (χ3v) is 5.67. The third kappa shape index (κ3) is 7.21. The summed E-state index contributed by atoms with van der Waals surface area (Å²) in [5, 5.41) is 10.7. The van der Waals surface area contributed by atoms with Crippen molar-refractivity contribution in [1.29, 1.82) is 0 Å². The Morgan fingerprint density at radius 3 is 2.18 bits per heavy atom. The lowest BCUT2D eigenvalue weighted by Gasteiger charge is -2.39. The Bertz CT molecular complexity index is 667. The summed E-state index contributed by atoms with van der Waals surface area (Å²) in [4.78, 5) is 0. The van der Waals surface area contributed by atoms with Crippen LogP contribution in [0.1, 0.15) is 42.4 Å². The molecule has 1 atom stereocenters. The maximum atomic E-state index is 10.7. The van der Waals surface area contributed by atoms with Crippen LogP contribution >= 0.6 is 0 Å². The number of aliphatic hydroxyl groups is 1. The van der Waals surface area contributed by atoms with E-state index in [2.05, 4.69) is 61.5 Å². The minimum Gasteiger partial charge on any atom is -1.00 e. The quantitative estimate of drug-likeness (QED) is 0.676. The molecule has 2 aromatic carbocycles. The Kier molecular flexibility index (Phi) is 9.46. The van der Waals surface area contributed by atoms with E-state index in [9.17, 15) is 5.11 Å². The summed E-state index contributed by atoms with van der Waals surface area (Å²) in [6, 6.07) is 19.1. The van der Waals surface area contributed by atoms with Crippen molar-refractivity contribution in [3.63, 3.8) is 0 Å². The topological polar surface area (TPSA) is 29.5 Å². The first-order valence-corrected chi connectivity index (χ1v) is 10.4. The highest BCUT2D eigenvalue weighted by molar-refractivity contribution is 5.20. The third-order valence-electron chi connectivity index (χ3n) is 5.67. The van der Waals surface area contributed by atoms with Crippen molar-refractivity contribution in [3.8, 4) is 0 Å². The van der Waals surface area contributed by atoms with E-state index in [0.717, 1.165) is 36.2 Å². The normalized spacial score (nSPS) is 17.4. The van der Waals surface area contributed by atoms with Crippen molar-refractivity contribution in [2.45, 2.75) is 51.9 Å². The van der Waals surface area contributed by atoms with Crippen LogP contribution in [0.15, 0.2) is 54.6 Å². The lowest BCUT2D eigenvalue weighted by Crippen LogP contribution is -3.00. The molecule has 1 N–H and O–H groups in total. The molecule has 3 nitrogen and oxygen atoms in total. The molecule has 1 heterocycles. The van der Waals surface area contributed by atoms with Crippen LogP contribution in [0.25, 0.3) is 0 Å². The first-order valence-electron chi connectivity index (χ1n) is 10.4. The van der Waals surface area contributed by atoms with Crippen molar-refractivity contribution in [3.05, 3.63) is 71.3 Å². The molecule has 0 aromatic heterocycles. The Morgan fingerprint density at radius 2 is 1.54 bits per heavy atom. The molecule has 3 rings (SSSR count).